The third-order valence-corrected chi connectivity index (χ3v) is 5.69. The van der Waals surface area contributed by atoms with Crippen LogP contribution in [-0.2, 0) is 16.6 Å². The fourth-order valence-electron chi connectivity index (χ4n) is 3.36. The minimum atomic E-state index is -0.0679. The number of hydrogen-bond donors (Lipinski definition) is 1. The van der Waals surface area contributed by atoms with E-state index in [0.717, 1.165) is 22.5 Å². The summed E-state index contributed by atoms with van der Waals surface area (Å²) < 4.78 is 7.18. The molecule has 0 spiro atoms. The Morgan fingerprint density at radius 2 is 1.97 bits per heavy atom. The molecule has 30 heavy (non-hydrogen) atoms. The van der Waals surface area contributed by atoms with Crippen LogP contribution in [0, 0.1) is 13.8 Å². The maximum Gasteiger partial charge on any atom is 0.253 e. The van der Waals surface area contributed by atoms with Gasteiger partial charge in [-0.1, -0.05) is 38.6 Å². The molecule has 160 valence electrons. The SMILES string of the molecule is COc1ccc(C(C)(C)C)cc1NC(=O)CCc1c(C)nc2nc(SC)nn2c1C. The minimum absolute atomic E-state index is 0.0194. The van der Waals surface area contributed by atoms with Gasteiger partial charge in [-0.2, -0.15) is 4.98 Å². The maximum absolute atomic E-state index is 12.7. The lowest BCUT2D eigenvalue weighted by atomic mass is 9.87. The van der Waals surface area contributed by atoms with Crippen LogP contribution in [0.25, 0.3) is 5.78 Å². The van der Waals surface area contributed by atoms with Crippen LogP contribution in [0.4, 0.5) is 5.69 Å². The van der Waals surface area contributed by atoms with Gasteiger partial charge in [-0.05, 0) is 55.2 Å². The first-order valence-electron chi connectivity index (χ1n) is 9.89. The first-order valence-corrected chi connectivity index (χ1v) is 11.1. The zero-order valence-electron chi connectivity index (χ0n) is 18.7. The van der Waals surface area contributed by atoms with Crippen LogP contribution < -0.4 is 10.1 Å². The Hall–Kier alpha value is -2.61. The molecule has 2 aromatic heterocycles. The second-order valence-corrected chi connectivity index (χ2v) is 9.06. The molecule has 1 amide bonds. The normalized spacial score (nSPS) is 11.7. The predicted molar refractivity (Wildman–Crippen MR) is 121 cm³/mol. The summed E-state index contributed by atoms with van der Waals surface area (Å²) in [6.45, 7) is 10.4. The first kappa shape index (κ1) is 22.1. The van der Waals surface area contributed by atoms with E-state index in [2.05, 4.69) is 41.2 Å². The molecule has 0 bridgehead atoms. The third kappa shape index (κ3) is 4.59. The average Bonchev–Trinajstić information content (AvgIpc) is 3.10. The van der Waals surface area contributed by atoms with Crippen molar-refractivity contribution in [2.75, 3.05) is 18.7 Å². The van der Waals surface area contributed by atoms with Gasteiger partial charge in [0, 0.05) is 17.8 Å². The number of methoxy groups -OCH3 is 1. The Labute approximate surface area is 181 Å². The topological polar surface area (TPSA) is 81.4 Å². The molecule has 0 aliphatic heterocycles. The lowest BCUT2D eigenvalue weighted by Crippen LogP contribution is -2.16. The number of ether oxygens (including phenoxy) is 1. The molecule has 1 N–H and O–H groups in total. The van der Waals surface area contributed by atoms with Crippen LogP contribution in [0.1, 0.15) is 49.7 Å². The number of carbonyl (C=O) groups excluding carboxylic acids is 1. The van der Waals surface area contributed by atoms with Crippen LogP contribution in [0.2, 0.25) is 0 Å². The van der Waals surface area contributed by atoms with Crippen molar-refractivity contribution >= 4 is 29.1 Å². The summed E-state index contributed by atoms with van der Waals surface area (Å²) in [5.74, 6) is 1.17. The van der Waals surface area contributed by atoms with Crippen molar-refractivity contribution in [3.05, 3.63) is 40.7 Å². The molecular formula is C22H29N5O2S. The van der Waals surface area contributed by atoms with Gasteiger partial charge in [0.25, 0.3) is 5.78 Å². The van der Waals surface area contributed by atoms with Crippen molar-refractivity contribution in [1.29, 1.82) is 0 Å². The first-order chi connectivity index (χ1) is 14.1. The van der Waals surface area contributed by atoms with Crippen molar-refractivity contribution in [3.63, 3.8) is 0 Å². The van der Waals surface area contributed by atoms with E-state index >= 15 is 0 Å². The van der Waals surface area contributed by atoms with E-state index in [4.69, 9.17) is 4.74 Å². The Morgan fingerprint density at radius 1 is 1.23 bits per heavy atom. The second-order valence-electron chi connectivity index (χ2n) is 8.28. The third-order valence-electron chi connectivity index (χ3n) is 5.15. The molecule has 0 unspecified atom stereocenters. The number of thioether (sulfide) groups is 1. The monoisotopic (exact) mass is 427 g/mol. The number of aromatic nitrogens is 4. The molecule has 0 atom stereocenters. The Bertz CT molecular complexity index is 1090. The Balaban J connectivity index is 1.78. The number of aryl methyl sites for hydroxylation is 2. The Morgan fingerprint density at radius 3 is 2.60 bits per heavy atom. The molecule has 0 saturated carbocycles. The molecule has 0 saturated heterocycles. The summed E-state index contributed by atoms with van der Waals surface area (Å²) in [7, 11) is 1.61. The van der Waals surface area contributed by atoms with Gasteiger partial charge in [-0.15, -0.1) is 5.10 Å². The van der Waals surface area contributed by atoms with Gasteiger partial charge in [0.15, 0.2) is 0 Å². The van der Waals surface area contributed by atoms with Crippen molar-refractivity contribution in [2.45, 2.75) is 58.0 Å². The largest absolute Gasteiger partial charge is 0.495 e. The maximum atomic E-state index is 12.7. The molecule has 0 radical (unpaired) electrons. The van der Waals surface area contributed by atoms with Gasteiger partial charge < -0.3 is 10.1 Å². The quantitative estimate of drug-likeness (QED) is 0.589. The van der Waals surface area contributed by atoms with E-state index in [-0.39, 0.29) is 11.3 Å². The number of amides is 1. The van der Waals surface area contributed by atoms with Gasteiger partial charge in [0.1, 0.15) is 5.75 Å². The van der Waals surface area contributed by atoms with E-state index < -0.39 is 0 Å². The molecule has 0 aliphatic carbocycles. The highest BCUT2D eigenvalue weighted by Crippen LogP contribution is 2.31. The summed E-state index contributed by atoms with van der Waals surface area (Å²) in [6.07, 6.45) is 2.84. The van der Waals surface area contributed by atoms with Gasteiger partial charge in [-0.25, -0.2) is 9.50 Å². The van der Waals surface area contributed by atoms with Gasteiger partial charge in [0.05, 0.1) is 12.8 Å². The summed E-state index contributed by atoms with van der Waals surface area (Å²) in [4.78, 5) is 21.7. The second kappa shape index (κ2) is 8.63. The van der Waals surface area contributed by atoms with E-state index in [1.165, 1.54) is 11.8 Å². The highest BCUT2D eigenvalue weighted by atomic mass is 32.2. The number of rotatable bonds is 6. The smallest absolute Gasteiger partial charge is 0.253 e. The number of nitrogens with zero attached hydrogens (tertiary/aromatic N) is 4. The van der Waals surface area contributed by atoms with Crippen molar-refractivity contribution < 1.29 is 9.53 Å². The highest BCUT2D eigenvalue weighted by Gasteiger charge is 2.18. The summed E-state index contributed by atoms with van der Waals surface area (Å²) in [5.41, 5.74) is 4.67. The van der Waals surface area contributed by atoms with Crippen LogP contribution in [0.3, 0.4) is 0 Å². The number of nitrogens with one attached hydrogen (secondary N) is 1. The van der Waals surface area contributed by atoms with E-state index in [9.17, 15) is 4.79 Å². The lowest BCUT2D eigenvalue weighted by molar-refractivity contribution is -0.116. The van der Waals surface area contributed by atoms with Gasteiger partial charge >= 0.3 is 0 Å². The molecule has 7 nitrogen and oxygen atoms in total. The van der Waals surface area contributed by atoms with Crippen LogP contribution in [-0.4, -0.2) is 38.9 Å². The van der Waals surface area contributed by atoms with E-state index in [1.54, 1.807) is 11.6 Å². The van der Waals surface area contributed by atoms with E-state index in [1.807, 2.05) is 38.3 Å². The number of benzene rings is 1. The standard InChI is InChI=1S/C22H29N5O2S/c1-13-16(14(2)27-20(23-13)25-21(26-27)30-7)9-11-19(28)24-17-12-15(22(3,4)5)8-10-18(17)29-6/h8,10,12H,9,11H2,1-7H3,(H,24,28). The summed E-state index contributed by atoms with van der Waals surface area (Å²) >= 11 is 1.48. The fraction of sp³-hybridized carbons (Fsp3) is 0.455. The van der Waals surface area contributed by atoms with Gasteiger partial charge in [-0.3, -0.25) is 4.79 Å². The molecular weight excluding hydrogens is 398 g/mol. The van der Waals surface area contributed by atoms with Gasteiger partial charge in [0.2, 0.25) is 11.1 Å². The minimum Gasteiger partial charge on any atom is -0.495 e. The summed E-state index contributed by atoms with van der Waals surface area (Å²) in [5, 5.41) is 8.17. The number of hydrogen-bond acceptors (Lipinski definition) is 6. The highest BCUT2D eigenvalue weighted by molar-refractivity contribution is 7.98. The van der Waals surface area contributed by atoms with Crippen molar-refractivity contribution in [3.8, 4) is 5.75 Å². The lowest BCUT2D eigenvalue weighted by Gasteiger charge is -2.21. The molecule has 8 heteroatoms. The van der Waals surface area contributed by atoms with Crippen molar-refractivity contribution in [1.82, 2.24) is 19.6 Å². The van der Waals surface area contributed by atoms with E-state index in [0.29, 0.717) is 35.2 Å². The fourth-order valence-corrected chi connectivity index (χ4v) is 3.70. The zero-order valence-corrected chi connectivity index (χ0v) is 19.5. The number of anilines is 1. The Kier molecular flexibility index (Phi) is 6.36. The molecule has 0 aliphatic rings. The number of fused-ring (bicyclic) bond motifs is 1. The van der Waals surface area contributed by atoms with Crippen molar-refractivity contribution in [2.24, 2.45) is 0 Å². The molecule has 1 aromatic carbocycles. The van der Waals surface area contributed by atoms with Crippen LogP contribution in [0.5, 0.6) is 5.75 Å². The zero-order chi connectivity index (χ0) is 22.1. The average molecular weight is 428 g/mol. The molecule has 2 heterocycles. The molecule has 3 aromatic rings. The number of carbonyl (C=O) groups is 1. The predicted octanol–water partition coefficient (Wildman–Crippen LogP) is 4.34. The van der Waals surface area contributed by atoms with Crippen LogP contribution >= 0.6 is 11.8 Å². The summed E-state index contributed by atoms with van der Waals surface area (Å²) in [6, 6.07) is 5.92. The van der Waals surface area contributed by atoms with Crippen LogP contribution in [0.15, 0.2) is 23.4 Å². The molecule has 0 fully saturated rings. The molecule has 3 rings (SSSR count).